The summed E-state index contributed by atoms with van der Waals surface area (Å²) in [7, 11) is 0. The highest BCUT2D eigenvalue weighted by molar-refractivity contribution is 7.07. The average molecular weight is 341 g/mol. The van der Waals surface area contributed by atoms with E-state index in [0.29, 0.717) is 30.1 Å². The molecular weight excluding hydrogens is 328 g/mol. The van der Waals surface area contributed by atoms with Gasteiger partial charge in [-0.15, -0.1) is 5.10 Å². The second-order valence-corrected chi connectivity index (χ2v) is 5.63. The molecule has 6 nitrogen and oxygen atoms in total. The third kappa shape index (κ3) is 3.80. The number of alkyl halides is 2. The van der Waals surface area contributed by atoms with Gasteiger partial charge in [0.1, 0.15) is 16.7 Å². The van der Waals surface area contributed by atoms with Crippen LogP contribution in [0.1, 0.15) is 21.3 Å². The van der Waals surface area contributed by atoms with Gasteiger partial charge in [0, 0.05) is 6.54 Å². The number of rotatable bonds is 4. The van der Waals surface area contributed by atoms with E-state index in [4.69, 9.17) is 4.74 Å². The Hall–Kier alpha value is -2.13. The molecular formula is C14H13F2N3O3S. The van der Waals surface area contributed by atoms with E-state index >= 15 is 0 Å². The Labute approximate surface area is 134 Å². The summed E-state index contributed by atoms with van der Waals surface area (Å²) >= 11 is 1.03. The number of benzene rings is 1. The van der Waals surface area contributed by atoms with Crippen LogP contribution in [0.15, 0.2) is 30.5 Å². The highest BCUT2D eigenvalue weighted by Gasteiger charge is 2.27. The lowest BCUT2D eigenvalue weighted by molar-refractivity contribution is -0.0504. The maximum Gasteiger partial charge on any atom is 0.387 e. The molecule has 1 atom stereocenters. The van der Waals surface area contributed by atoms with Crippen molar-refractivity contribution in [3.8, 4) is 5.75 Å². The van der Waals surface area contributed by atoms with Crippen molar-refractivity contribution >= 4 is 17.4 Å². The van der Waals surface area contributed by atoms with Crippen molar-refractivity contribution < 1.29 is 23.0 Å². The number of carbonyl (C=O) groups excluding carboxylic acids is 1. The molecule has 2 aromatic rings. The van der Waals surface area contributed by atoms with Crippen LogP contribution in [0, 0.1) is 0 Å². The molecule has 0 N–H and O–H groups in total. The standard InChI is InChI=1S/C14H13F2N3O3S/c15-14(16)22-10-3-1-2-9(6-10)11-8-19(4-5-21-11)13(20)12-7-17-18-23-12/h1-3,6-7,11,14H,4-5,8H2. The number of carbonyl (C=O) groups is 1. The molecule has 1 aliphatic rings. The van der Waals surface area contributed by atoms with E-state index in [1.54, 1.807) is 17.0 Å². The molecule has 1 fully saturated rings. The Morgan fingerprint density at radius 1 is 1.48 bits per heavy atom. The molecule has 0 bridgehead atoms. The summed E-state index contributed by atoms with van der Waals surface area (Å²) in [4.78, 5) is 14.4. The molecule has 2 heterocycles. The van der Waals surface area contributed by atoms with Gasteiger partial charge < -0.3 is 14.4 Å². The maximum atomic E-state index is 12.3. The van der Waals surface area contributed by atoms with Gasteiger partial charge in [0.2, 0.25) is 0 Å². The van der Waals surface area contributed by atoms with E-state index in [2.05, 4.69) is 14.3 Å². The molecule has 23 heavy (non-hydrogen) atoms. The number of aromatic nitrogens is 2. The van der Waals surface area contributed by atoms with Crippen LogP contribution >= 0.6 is 11.5 Å². The lowest BCUT2D eigenvalue weighted by atomic mass is 10.1. The molecule has 0 radical (unpaired) electrons. The van der Waals surface area contributed by atoms with Gasteiger partial charge >= 0.3 is 6.61 Å². The lowest BCUT2D eigenvalue weighted by Gasteiger charge is -2.32. The molecule has 1 amide bonds. The number of hydrogen-bond acceptors (Lipinski definition) is 6. The van der Waals surface area contributed by atoms with Crippen LogP contribution in [0.2, 0.25) is 0 Å². The minimum atomic E-state index is -2.88. The first kappa shape index (κ1) is 15.8. The molecule has 1 aromatic heterocycles. The normalized spacial score (nSPS) is 18.2. The second kappa shape index (κ2) is 6.97. The largest absolute Gasteiger partial charge is 0.435 e. The zero-order valence-corrected chi connectivity index (χ0v) is 12.7. The van der Waals surface area contributed by atoms with Crippen molar-refractivity contribution in [1.82, 2.24) is 14.5 Å². The van der Waals surface area contributed by atoms with Gasteiger partial charge in [-0.1, -0.05) is 16.6 Å². The van der Waals surface area contributed by atoms with E-state index in [1.165, 1.54) is 18.3 Å². The summed E-state index contributed by atoms with van der Waals surface area (Å²) in [6.45, 7) is -1.73. The van der Waals surface area contributed by atoms with E-state index in [9.17, 15) is 13.6 Å². The number of morpholine rings is 1. The zero-order chi connectivity index (χ0) is 16.2. The molecule has 1 unspecified atom stereocenters. The average Bonchev–Trinajstić information content (AvgIpc) is 3.08. The fraction of sp³-hybridized carbons (Fsp3) is 0.357. The highest BCUT2D eigenvalue weighted by Crippen LogP contribution is 2.27. The Kier molecular flexibility index (Phi) is 4.77. The van der Waals surface area contributed by atoms with E-state index in [-0.39, 0.29) is 11.7 Å². The first-order chi connectivity index (χ1) is 11.1. The molecule has 1 aliphatic heterocycles. The van der Waals surface area contributed by atoms with Gasteiger partial charge in [-0.05, 0) is 29.2 Å². The monoisotopic (exact) mass is 341 g/mol. The number of amides is 1. The second-order valence-electron chi connectivity index (χ2n) is 4.84. The molecule has 0 aliphatic carbocycles. The predicted octanol–water partition coefficient (Wildman–Crippen LogP) is 2.35. The first-order valence-electron chi connectivity index (χ1n) is 6.86. The molecule has 1 saturated heterocycles. The van der Waals surface area contributed by atoms with Gasteiger partial charge in [-0.2, -0.15) is 8.78 Å². The van der Waals surface area contributed by atoms with Crippen LogP contribution in [0.5, 0.6) is 5.75 Å². The summed E-state index contributed by atoms with van der Waals surface area (Å²) in [5.74, 6) is -0.0931. The number of hydrogen-bond donors (Lipinski definition) is 0. The molecule has 122 valence electrons. The first-order valence-corrected chi connectivity index (χ1v) is 7.64. The highest BCUT2D eigenvalue weighted by atomic mass is 32.1. The van der Waals surface area contributed by atoms with Gasteiger partial charge in [0.15, 0.2) is 0 Å². The van der Waals surface area contributed by atoms with Crippen molar-refractivity contribution in [3.63, 3.8) is 0 Å². The summed E-state index contributed by atoms with van der Waals surface area (Å²) < 4.78 is 38.3. The SMILES string of the molecule is O=C(c1cnns1)N1CCOC(c2cccc(OC(F)F)c2)C1. The summed E-state index contributed by atoms with van der Waals surface area (Å²) in [6.07, 6.45) is 1.03. The summed E-state index contributed by atoms with van der Waals surface area (Å²) in [6, 6.07) is 6.32. The lowest BCUT2D eigenvalue weighted by Crippen LogP contribution is -2.42. The third-order valence-electron chi connectivity index (χ3n) is 3.38. The fourth-order valence-electron chi connectivity index (χ4n) is 2.34. The third-order valence-corrected chi connectivity index (χ3v) is 4.03. The van der Waals surface area contributed by atoms with Crippen LogP contribution in [0.3, 0.4) is 0 Å². The molecule has 0 spiro atoms. The summed E-state index contributed by atoms with van der Waals surface area (Å²) in [5, 5.41) is 3.66. The predicted molar refractivity (Wildman–Crippen MR) is 77.6 cm³/mol. The molecule has 3 rings (SSSR count). The molecule has 1 aromatic carbocycles. The minimum Gasteiger partial charge on any atom is -0.435 e. The smallest absolute Gasteiger partial charge is 0.387 e. The van der Waals surface area contributed by atoms with Crippen LogP contribution < -0.4 is 4.74 Å². The van der Waals surface area contributed by atoms with Crippen LogP contribution in [0.25, 0.3) is 0 Å². The fourth-order valence-corrected chi connectivity index (χ4v) is 2.83. The van der Waals surface area contributed by atoms with Crippen molar-refractivity contribution in [3.05, 3.63) is 40.9 Å². The van der Waals surface area contributed by atoms with E-state index < -0.39 is 12.7 Å². The summed E-state index contributed by atoms with van der Waals surface area (Å²) in [5.41, 5.74) is 0.683. The van der Waals surface area contributed by atoms with Crippen molar-refractivity contribution in [2.24, 2.45) is 0 Å². The molecule has 0 saturated carbocycles. The number of ether oxygens (including phenoxy) is 2. The van der Waals surface area contributed by atoms with Gasteiger partial charge in [0.25, 0.3) is 5.91 Å². The van der Waals surface area contributed by atoms with Crippen LogP contribution in [0.4, 0.5) is 8.78 Å². The van der Waals surface area contributed by atoms with Gasteiger partial charge in [-0.3, -0.25) is 4.79 Å². The Bertz CT molecular complexity index is 669. The Morgan fingerprint density at radius 2 is 2.35 bits per heavy atom. The van der Waals surface area contributed by atoms with E-state index in [1.807, 2.05) is 0 Å². The Morgan fingerprint density at radius 3 is 3.09 bits per heavy atom. The van der Waals surface area contributed by atoms with Crippen LogP contribution in [-0.2, 0) is 4.74 Å². The van der Waals surface area contributed by atoms with Crippen LogP contribution in [-0.4, -0.2) is 46.7 Å². The number of nitrogens with zero attached hydrogens (tertiary/aromatic N) is 3. The molecule has 9 heteroatoms. The van der Waals surface area contributed by atoms with Crippen molar-refractivity contribution in [1.29, 1.82) is 0 Å². The minimum absolute atomic E-state index is 0.0659. The van der Waals surface area contributed by atoms with Crippen molar-refractivity contribution in [2.45, 2.75) is 12.7 Å². The Balaban J connectivity index is 1.72. The van der Waals surface area contributed by atoms with Gasteiger partial charge in [-0.25, -0.2) is 0 Å². The maximum absolute atomic E-state index is 12.3. The van der Waals surface area contributed by atoms with Crippen molar-refractivity contribution in [2.75, 3.05) is 19.7 Å². The van der Waals surface area contributed by atoms with Gasteiger partial charge in [0.05, 0.1) is 19.3 Å². The topological polar surface area (TPSA) is 64.6 Å². The zero-order valence-electron chi connectivity index (χ0n) is 11.9. The quantitative estimate of drug-likeness (QED) is 0.854. The van der Waals surface area contributed by atoms with E-state index in [0.717, 1.165) is 11.5 Å². The number of halogens is 2.